The zero-order chi connectivity index (χ0) is 56.7. The molecule has 3 heterocycles. The number of hydrogen-bond acceptors (Lipinski definition) is 17. The monoisotopic (exact) mass is 1190 g/mol. The second kappa shape index (κ2) is 29.8. The molecule has 8 amide bonds. The minimum Gasteiger partial charge on any atom is -0.507 e. The van der Waals surface area contributed by atoms with E-state index in [0.29, 0.717) is 29.6 Å². The van der Waals surface area contributed by atoms with Gasteiger partial charge in [-0.25, -0.2) is 0 Å². The molecule has 3 aliphatic heterocycles. The number of halogens is 1. The summed E-state index contributed by atoms with van der Waals surface area (Å²) in [6.45, 7) is 6.76. The van der Waals surface area contributed by atoms with Crippen LogP contribution in [0.4, 0.5) is 0 Å². The van der Waals surface area contributed by atoms with Gasteiger partial charge in [0.05, 0.1) is 34.4 Å². The molecule has 25 nitrogen and oxygen atoms in total. The van der Waals surface area contributed by atoms with Gasteiger partial charge in [-0.15, -0.1) is 0 Å². The van der Waals surface area contributed by atoms with Crippen molar-refractivity contribution in [1.82, 2.24) is 36.4 Å². The van der Waals surface area contributed by atoms with Crippen LogP contribution in [-0.4, -0.2) is 195 Å². The molecule has 26 heteroatoms. The largest absolute Gasteiger partial charge is 0.507 e. The molecule has 0 aromatic heterocycles. The summed E-state index contributed by atoms with van der Waals surface area (Å²) in [5.74, 6) is -8.56. The van der Waals surface area contributed by atoms with E-state index in [1.165, 1.54) is 18.6 Å². The molecule has 0 aliphatic carbocycles. The van der Waals surface area contributed by atoms with E-state index in [0.717, 1.165) is 56.4 Å². The Morgan fingerprint density at radius 3 is 2.01 bits per heavy atom. The minimum atomic E-state index is -2.37. The van der Waals surface area contributed by atoms with Crippen molar-refractivity contribution in [3.8, 4) is 5.75 Å². The molecule has 428 valence electrons. The number of benzene rings is 1. The number of aromatic hydroxyl groups is 1. The van der Waals surface area contributed by atoms with Gasteiger partial charge in [0.25, 0.3) is 0 Å². The standard InChI is InChI=1S/C50H79IN8O17/c1-5-24(2)18-25(3)12-10-8-6-7-9-11-13-37(67)53-30-21-35(65)46(72)57-48(74)41-33(63)16-17-58(41)50(76)39(34(64)22-36(52)66)55-47(73)40(43(69)42(68)27-14-15-32(62)29(51)19-27)56-45(71)31-20-28(61)23-59(31)49(75)38(26(4)60)54-44(30)70/h14-15,19,24-26,28,30-31,33-35,38-43,46,60-65,68-69,72H,5-13,16-18,20-23H2,1-4H3,(H2,52,66)(H,53,67)(H,54,70)(H,55,73)(H,56,71)(H,57,74)/t24?,25?,26-,28-,30-,31+,33+,34+,35-,38+,39+,40+,41+,42-,43-,46-/m1/s1. The second-order valence-electron chi connectivity index (χ2n) is 20.7. The van der Waals surface area contributed by atoms with Gasteiger partial charge >= 0.3 is 0 Å². The van der Waals surface area contributed by atoms with Crippen molar-refractivity contribution in [3.05, 3.63) is 27.3 Å². The molecule has 76 heavy (non-hydrogen) atoms. The van der Waals surface area contributed by atoms with Gasteiger partial charge in [0.2, 0.25) is 47.3 Å². The number of phenolic OH excluding ortho intramolecular Hbond substituents is 1. The Hall–Kier alpha value is -4.81. The topological polar surface area (TPSA) is 411 Å². The van der Waals surface area contributed by atoms with Crippen LogP contribution in [0.2, 0.25) is 0 Å². The lowest BCUT2D eigenvalue weighted by molar-refractivity contribution is -0.149. The first kappa shape index (κ1) is 63.7. The van der Waals surface area contributed by atoms with Crippen molar-refractivity contribution in [3.63, 3.8) is 0 Å². The maximum absolute atomic E-state index is 14.4. The highest BCUT2D eigenvalue weighted by Gasteiger charge is 2.49. The highest BCUT2D eigenvalue weighted by Crippen LogP contribution is 2.29. The van der Waals surface area contributed by atoms with Gasteiger partial charge in [-0.2, -0.15) is 0 Å². The third-order valence-corrected chi connectivity index (χ3v) is 15.2. The van der Waals surface area contributed by atoms with Crippen LogP contribution in [0.3, 0.4) is 0 Å². The maximum Gasteiger partial charge on any atom is 0.248 e. The smallest absolute Gasteiger partial charge is 0.248 e. The van der Waals surface area contributed by atoms with Crippen LogP contribution in [0, 0.1) is 15.4 Å². The van der Waals surface area contributed by atoms with Crippen LogP contribution in [0.25, 0.3) is 0 Å². The number of fused-ring (bicyclic) bond motifs is 2. The summed E-state index contributed by atoms with van der Waals surface area (Å²) in [5.41, 5.74) is 5.23. The SMILES string of the molecule is CCC(C)CC(C)CCCCCCCCC(=O)N[C@@H]1C[C@@H](O)[C@@H](O)NC(=O)[C@@H]2[C@@H](O)CCN2C(=O)[C@H]([C@@H](O)CC(N)=O)NC(=O)[C@H]([C@@H](O)[C@H](O)c2ccc(O)c(I)c2)NC(=O)[C@@H]2C[C@@H](O)CN2C(=O)[C@H]([C@@H](C)O)NC1=O. The molecule has 0 bridgehead atoms. The predicted octanol–water partition coefficient (Wildman–Crippen LogP) is -2.74. The van der Waals surface area contributed by atoms with Gasteiger partial charge in [0.15, 0.2) is 6.23 Å². The zero-order valence-corrected chi connectivity index (χ0v) is 45.6. The predicted molar refractivity (Wildman–Crippen MR) is 278 cm³/mol. The molecular weight excluding hydrogens is 1110 g/mol. The van der Waals surface area contributed by atoms with E-state index in [4.69, 9.17) is 5.73 Å². The maximum atomic E-state index is 14.4. The van der Waals surface area contributed by atoms with Crippen molar-refractivity contribution < 1.29 is 84.3 Å². The summed E-state index contributed by atoms with van der Waals surface area (Å²) in [6, 6.07) is -8.41. The number of amides is 8. The number of carbonyl (C=O) groups excluding carboxylic acids is 8. The number of rotatable bonds is 20. The molecule has 2 unspecified atom stereocenters. The average molecular weight is 1190 g/mol. The number of unbranched alkanes of at least 4 members (excludes halogenated alkanes) is 5. The van der Waals surface area contributed by atoms with Crippen molar-refractivity contribution in [1.29, 1.82) is 0 Å². The van der Waals surface area contributed by atoms with E-state index in [2.05, 4.69) is 47.4 Å². The average Bonchev–Trinajstić information content (AvgIpc) is 3.95. The summed E-state index contributed by atoms with van der Waals surface area (Å²) >= 11 is 1.71. The number of nitrogens with zero attached hydrogens (tertiary/aromatic N) is 2. The van der Waals surface area contributed by atoms with Crippen molar-refractivity contribution in [2.75, 3.05) is 13.1 Å². The molecule has 3 saturated heterocycles. The highest BCUT2D eigenvalue weighted by atomic mass is 127. The number of primary amides is 1. The van der Waals surface area contributed by atoms with E-state index < -0.39 is 165 Å². The summed E-state index contributed by atoms with van der Waals surface area (Å²) in [4.78, 5) is 113. The minimum absolute atomic E-state index is 0.0801. The third kappa shape index (κ3) is 17.9. The molecule has 0 radical (unpaired) electrons. The van der Waals surface area contributed by atoms with E-state index in [1.54, 1.807) is 22.6 Å². The first-order chi connectivity index (χ1) is 35.7. The molecule has 1 aromatic carbocycles. The highest BCUT2D eigenvalue weighted by molar-refractivity contribution is 14.1. The Balaban J connectivity index is 1.70. The number of nitrogens with one attached hydrogen (secondary N) is 5. The first-order valence-corrected chi connectivity index (χ1v) is 27.2. The molecule has 0 saturated carbocycles. The van der Waals surface area contributed by atoms with Gasteiger partial charge in [0, 0.05) is 32.4 Å². The van der Waals surface area contributed by atoms with Gasteiger partial charge in [-0.3, -0.25) is 38.4 Å². The molecule has 16 atom stereocenters. The normalized spacial score (nSPS) is 28.8. The van der Waals surface area contributed by atoms with Crippen molar-refractivity contribution in [2.24, 2.45) is 17.6 Å². The van der Waals surface area contributed by atoms with Crippen molar-refractivity contribution >= 4 is 69.8 Å². The molecule has 3 aliphatic rings. The van der Waals surface area contributed by atoms with Crippen LogP contribution in [0.1, 0.15) is 129 Å². The van der Waals surface area contributed by atoms with E-state index in [-0.39, 0.29) is 27.7 Å². The fraction of sp³-hybridized carbons (Fsp3) is 0.720. The Labute approximate surface area is 455 Å². The number of hydrogen-bond donors (Lipinski definition) is 15. The molecular formula is C50H79IN8O17. The Kier molecular flexibility index (Phi) is 25.0. The van der Waals surface area contributed by atoms with E-state index in [1.807, 2.05) is 0 Å². The summed E-state index contributed by atoms with van der Waals surface area (Å²) in [6.07, 6.45) is -10.2. The van der Waals surface area contributed by atoms with Gasteiger partial charge in [-0.1, -0.05) is 71.8 Å². The summed E-state index contributed by atoms with van der Waals surface area (Å²) in [7, 11) is 0. The molecule has 0 spiro atoms. The lowest BCUT2D eigenvalue weighted by Gasteiger charge is -2.34. The lowest BCUT2D eigenvalue weighted by atomic mass is 9.91. The van der Waals surface area contributed by atoms with E-state index >= 15 is 0 Å². The van der Waals surface area contributed by atoms with Crippen LogP contribution in [0.5, 0.6) is 5.75 Å². The van der Waals surface area contributed by atoms with E-state index in [9.17, 15) is 84.3 Å². The summed E-state index contributed by atoms with van der Waals surface area (Å²) in [5, 5.41) is 111. The fourth-order valence-corrected chi connectivity index (χ4v) is 10.4. The molecule has 16 N–H and O–H groups in total. The van der Waals surface area contributed by atoms with Crippen LogP contribution >= 0.6 is 22.6 Å². The molecule has 3 fully saturated rings. The Morgan fingerprint density at radius 1 is 0.763 bits per heavy atom. The Bertz CT molecular complexity index is 2180. The molecule has 1 aromatic rings. The fourth-order valence-electron chi connectivity index (χ4n) is 9.83. The zero-order valence-electron chi connectivity index (χ0n) is 43.4. The number of aliphatic hydroxyl groups excluding tert-OH is 8. The van der Waals surface area contributed by atoms with Gasteiger partial charge < -0.3 is 88.1 Å². The number of carbonyl (C=O) groups is 8. The lowest BCUT2D eigenvalue weighted by Crippen LogP contribution is -2.64. The Morgan fingerprint density at radius 2 is 1.38 bits per heavy atom. The van der Waals surface area contributed by atoms with Crippen molar-refractivity contribution in [2.45, 2.75) is 203 Å². The number of aliphatic hydroxyl groups is 8. The third-order valence-electron chi connectivity index (χ3n) is 14.4. The number of nitrogens with two attached hydrogens (primary N) is 1. The van der Waals surface area contributed by atoms with Gasteiger partial charge in [0.1, 0.15) is 60.3 Å². The van der Waals surface area contributed by atoms with Crippen LogP contribution < -0.4 is 32.3 Å². The van der Waals surface area contributed by atoms with Crippen LogP contribution in [-0.2, 0) is 38.4 Å². The first-order valence-electron chi connectivity index (χ1n) is 26.1. The molecule has 4 rings (SSSR count). The van der Waals surface area contributed by atoms with Gasteiger partial charge in [-0.05, 0) is 78.3 Å². The quantitative estimate of drug-likeness (QED) is 0.0465. The van der Waals surface area contributed by atoms with Crippen LogP contribution in [0.15, 0.2) is 18.2 Å². The second-order valence-corrected chi connectivity index (χ2v) is 21.9. The summed E-state index contributed by atoms with van der Waals surface area (Å²) < 4.78 is 0.183. The number of phenols is 1.